The van der Waals surface area contributed by atoms with Crippen LogP contribution in [0.15, 0.2) is 36.9 Å². The minimum atomic E-state index is -0.0269. The molecule has 1 atom stereocenters. The highest BCUT2D eigenvalue weighted by Gasteiger charge is 2.16. The van der Waals surface area contributed by atoms with Crippen LogP contribution in [0.1, 0.15) is 24.1 Å². The van der Waals surface area contributed by atoms with Crippen molar-refractivity contribution in [1.29, 1.82) is 0 Å². The Labute approximate surface area is 116 Å². The highest BCUT2D eigenvalue weighted by atomic mass is 35.5. The quantitative estimate of drug-likeness (QED) is 0.932. The molecule has 94 valence electrons. The summed E-state index contributed by atoms with van der Waals surface area (Å²) in [6, 6.07) is 5.47. The lowest BCUT2D eigenvalue weighted by Gasteiger charge is -2.19. The van der Waals surface area contributed by atoms with Crippen LogP contribution in [0.5, 0.6) is 0 Å². The second kappa shape index (κ2) is 6.14. The topological polar surface area (TPSA) is 37.8 Å². The molecule has 2 rings (SSSR count). The van der Waals surface area contributed by atoms with Crippen LogP contribution in [0.3, 0.4) is 0 Å². The molecule has 1 heterocycles. The Balaban J connectivity index is 2.41. The molecule has 0 radical (unpaired) electrons. The fourth-order valence-corrected chi connectivity index (χ4v) is 2.32. The highest BCUT2D eigenvalue weighted by molar-refractivity contribution is 6.35. The van der Waals surface area contributed by atoms with Gasteiger partial charge in [0, 0.05) is 28.0 Å². The van der Waals surface area contributed by atoms with Gasteiger partial charge in [-0.05, 0) is 24.2 Å². The van der Waals surface area contributed by atoms with Gasteiger partial charge >= 0.3 is 0 Å². The molecule has 5 heteroatoms. The van der Waals surface area contributed by atoms with E-state index in [0.29, 0.717) is 10.0 Å². The number of hydrogen-bond donors (Lipinski definition) is 1. The third-order valence-corrected chi connectivity index (χ3v) is 3.16. The van der Waals surface area contributed by atoms with E-state index < -0.39 is 0 Å². The van der Waals surface area contributed by atoms with E-state index >= 15 is 0 Å². The van der Waals surface area contributed by atoms with Crippen LogP contribution in [0, 0.1) is 0 Å². The lowest BCUT2D eigenvalue weighted by molar-refractivity contribution is 0.626. The van der Waals surface area contributed by atoms with Gasteiger partial charge in [0.05, 0.1) is 6.04 Å². The zero-order valence-electron chi connectivity index (χ0n) is 9.90. The molecule has 1 N–H and O–H groups in total. The van der Waals surface area contributed by atoms with Crippen molar-refractivity contribution < 1.29 is 0 Å². The average Bonchev–Trinajstić information content (AvgIpc) is 2.38. The Morgan fingerprint density at radius 3 is 2.56 bits per heavy atom. The van der Waals surface area contributed by atoms with Crippen molar-refractivity contribution in [3.8, 4) is 0 Å². The zero-order chi connectivity index (χ0) is 13.0. The number of nitrogens with one attached hydrogen (secondary N) is 1. The van der Waals surface area contributed by atoms with Crippen molar-refractivity contribution in [1.82, 2.24) is 15.3 Å². The van der Waals surface area contributed by atoms with Crippen LogP contribution in [0.4, 0.5) is 0 Å². The first-order valence-corrected chi connectivity index (χ1v) is 6.41. The predicted molar refractivity (Wildman–Crippen MR) is 74.0 cm³/mol. The summed E-state index contributed by atoms with van der Waals surface area (Å²) in [6.45, 7) is 2.86. The summed E-state index contributed by atoms with van der Waals surface area (Å²) in [5.74, 6) is 0. The molecule has 0 spiro atoms. The maximum Gasteiger partial charge on any atom is 0.115 e. The molecule has 18 heavy (non-hydrogen) atoms. The van der Waals surface area contributed by atoms with E-state index in [1.807, 2.05) is 19.1 Å². The minimum Gasteiger partial charge on any atom is -0.306 e. The number of halogens is 2. The predicted octanol–water partition coefficient (Wildman–Crippen LogP) is 3.48. The molecular formula is C13H13Cl2N3. The minimum absolute atomic E-state index is 0.0269. The van der Waals surface area contributed by atoms with Gasteiger partial charge in [0.1, 0.15) is 6.33 Å². The molecule has 0 saturated heterocycles. The number of hydrogen-bond acceptors (Lipinski definition) is 3. The Hall–Kier alpha value is -1.16. The molecule has 1 aromatic carbocycles. The Morgan fingerprint density at radius 2 is 1.94 bits per heavy atom. The molecule has 0 fully saturated rings. The monoisotopic (exact) mass is 281 g/mol. The molecule has 0 amide bonds. The SMILES string of the molecule is CCNC(c1cncnc1)c1ccc(Cl)cc1Cl. The molecule has 1 aromatic heterocycles. The number of benzene rings is 1. The van der Waals surface area contributed by atoms with E-state index in [1.165, 1.54) is 6.33 Å². The van der Waals surface area contributed by atoms with Gasteiger partial charge in [0.2, 0.25) is 0 Å². The van der Waals surface area contributed by atoms with E-state index in [2.05, 4.69) is 15.3 Å². The van der Waals surface area contributed by atoms with Crippen LogP contribution >= 0.6 is 23.2 Å². The highest BCUT2D eigenvalue weighted by Crippen LogP contribution is 2.29. The van der Waals surface area contributed by atoms with Gasteiger partial charge in [-0.1, -0.05) is 36.2 Å². The molecule has 1 unspecified atom stereocenters. The summed E-state index contributed by atoms with van der Waals surface area (Å²) >= 11 is 12.2. The van der Waals surface area contributed by atoms with E-state index in [9.17, 15) is 0 Å². The fourth-order valence-electron chi connectivity index (χ4n) is 1.81. The molecule has 0 saturated carbocycles. The molecule has 0 aliphatic rings. The van der Waals surface area contributed by atoms with Crippen molar-refractivity contribution in [2.24, 2.45) is 0 Å². The van der Waals surface area contributed by atoms with Crippen LogP contribution in [-0.4, -0.2) is 16.5 Å². The van der Waals surface area contributed by atoms with Gasteiger partial charge in [0.25, 0.3) is 0 Å². The standard InChI is InChI=1S/C13H13Cl2N3/c1-2-18-13(9-6-16-8-17-7-9)11-4-3-10(14)5-12(11)15/h3-8,13,18H,2H2,1H3. The van der Waals surface area contributed by atoms with Gasteiger partial charge in [0.15, 0.2) is 0 Å². The number of nitrogens with zero attached hydrogens (tertiary/aromatic N) is 2. The van der Waals surface area contributed by atoms with Gasteiger partial charge in [-0.3, -0.25) is 0 Å². The van der Waals surface area contributed by atoms with Crippen molar-refractivity contribution >= 4 is 23.2 Å². The number of aromatic nitrogens is 2. The molecule has 0 aliphatic heterocycles. The van der Waals surface area contributed by atoms with E-state index in [-0.39, 0.29) is 6.04 Å². The molecule has 0 aliphatic carbocycles. The third-order valence-electron chi connectivity index (χ3n) is 2.60. The first-order valence-electron chi connectivity index (χ1n) is 5.65. The van der Waals surface area contributed by atoms with Crippen molar-refractivity contribution in [3.63, 3.8) is 0 Å². The fraction of sp³-hybridized carbons (Fsp3) is 0.231. The van der Waals surface area contributed by atoms with Crippen LogP contribution in [-0.2, 0) is 0 Å². The van der Waals surface area contributed by atoms with E-state index in [4.69, 9.17) is 23.2 Å². The Morgan fingerprint density at radius 1 is 1.22 bits per heavy atom. The van der Waals surface area contributed by atoms with Crippen LogP contribution in [0.2, 0.25) is 10.0 Å². The van der Waals surface area contributed by atoms with Crippen LogP contribution < -0.4 is 5.32 Å². The smallest absolute Gasteiger partial charge is 0.115 e. The normalized spacial score (nSPS) is 12.4. The van der Waals surface area contributed by atoms with Crippen molar-refractivity contribution in [2.75, 3.05) is 6.54 Å². The first kappa shape index (κ1) is 13.3. The van der Waals surface area contributed by atoms with Gasteiger partial charge in [-0.15, -0.1) is 0 Å². The maximum absolute atomic E-state index is 6.24. The third kappa shape index (κ3) is 2.99. The maximum atomic E-state index is 6.24. The lowest BCUT2D eigenvalue weighted by atomic mass is 10.0. The molecule has 2 aromatic rings. The van der Waals surface area contributed by atoms with E-state index in [1.54, 1.807) is 18.5 Å². The molecular weight excluding hydrogens is 269 g/mol. The molecule has 0 bridgehead atoms. The van der Waals surface area contributed by atoms with Crippen molar-refractivity contribution in [3.05, 3.63) is 58.1 Å². The van der Waals surface area contributed by atoms with Crippen LogP contribution in [0.25, 0.3) is 0 Å². The summed E-state index contributed by atoms with van der Waals surface area (Å²) in [7, 11) is 0. The van der Waals surface area contributed by atoms with Gasteiger partial charge in [-0.25, -0.2) is 9.97 Å². The lowest BCUT2D eigenvalue weighted by Crippen LogP contribution is -2.22. The summed E-state index contributed by atoms with van der Waals surface area (Å²) in [4.78, 5) is 8.08. The zero-order valence-corrected chi connectivity index (χ0v) is 11.4. The largest absolute Gasteiger partial charge is 0.306 e. The second-order valence-corrected chi connectivity index (χ2v) is 4.67. The van der Waals surface area contributed by atoms with E-state index in [0.717, 1.165) is 17.7 Å². The summed E-state index contributed by atoms with van der Waals surface area (Å²) in [5, 5.41) is 4.63. The summed E-state index contributed by atoms with van der Waals surface area (Å²) in [6.07, 6.45) is 5.08. The van der Waals surface area contributed by atoms with Gasteiger partial charge in [-0.2, -0.15) is 0 Å². The second-order valence-electron chi connectivity index (χ2n) is 3.83. The van der Waals surface area contributed by atoms with Crippen molar-refractivity contribution in [2.45, 2.75) is 13.0 Å². The molecule has 3 nitrogen and oxygen atoms in total. The number of rotatable bonds is 4. The summed E-state index contributed by atoms with van der Waals surface area (Å²) in [5.41, 5.74) is 1.95. The Kier molecular flexibility index (Phi) is 4.53. The average molecular weight is 282 g/mol. The summed E-state index contributed by atoms with van der Waals surface area (Å²) < 4.78 is 0. The first-order chi connectivity index (χ1) is 8.72. The Bertz CT molecular complexity index is 517. The van der Waals surface area contributed by atoms with Gasteiger partial charge < -0.3 is 5.32 Å².